The van der Waals surface area contributed by atoms with E-state index in [9.17, 15) is 14.9 Å². The van der Waals surface area contributed by atoms with Gasteiger partial charge < -0.3 is 10.5 Å². The molecule has 0 saturated carbocycles. The summed E-state index contributed by atoms with van der Waals surface area (Å²) in [6.45, 7) is 1.89. The maximum absolute atomic E-state index is 11.3. The molecule has 2 N–H and O–H groups in total. The van der Waals surface area contributed by atoms with E-state index in [-0.39, 0.29) is 35.0 Å². The largest absolute Gasteiger partial charge is 0.466 e. The zero-order valence-corrected chi connectivity index (χ0v) is 9.86. The minimum atomic E-state index is -0.625. The molecule has 0 fully saturated rings. The average molecular weight is 259 g/mol. The Morgan fingerprint density at radius 2 is 2.24 bits per heavy atom. The Balaban J connectivity index is 3.09. The van der Waals surface area contributed by atoms with Crippen molar-refractivity contribution in [3.63, 3.8) is 0 Å². The third kappa shape index (κ3) is 3.07. The third-order valence-electron chi connectivity index (χ3n) is 2.10. The van der Waals surface area contributed by atoms with Gasteiger partial charge in [-0.25, -0.2) is 0 Å². The highest BCUT2D eigenvalue weighted by Gasteiger charge is 2.19. The van der Waals surface area contributed by atoms with Crippen molar-refractivity contribution in [2.24, 2.45) is 0 Å². The van der Waals surface area contributed by atoms with Gasteiger partial charge >= 0.3 is 5.97 Å². The Kier molecular flexibility index (Phi) is 4.28. The Labute approximate surface area is 102 Å². The lowest BCUT2D eigenvalue weighted by Gasteiger charge is -2.07. The number of nitro groups is 1. The molecule has 0 spiro atoms. The van der Waals surface area contributed by atoms with Crippen molar-refractivity contribution in [3.8, 4) is 0 Å². The summed E-state index contributed by atoms with van der Waals surface area (Å²) in [5.74, 6) is -0.526. The first-order chi connectivity index (χ1) is 7.97. The molecule has 0 aliphatic rings. The van der Waals surface area contributed by atoms with Crippen LogP contribution in [0.4, 0.5) is 11.4 Å². The Morgan fingerprint density at radius 3 is 2.76 bits per heavy atom. The van der Waals surface area contributed by atoms with Gasteiger partial charge in [0.2, 0.25) is 0 Å². The lowest BCUT2D eigenvalue weighted by molar-refractivity contribution is -0.383. The van der Waals surface area contributed by atoms with Gasteiger partial charge in [0.1, 0.15) is 5.69 Å². The number of nitrogens with zero attached hydrogens (tertiary/aromatic N) is 1. The highest BCUT2D eigenvalue weighted by Crippen LogP contribution is 2.31. The van der Waals surface area contributed by atoms with Crippen LogP contribution in [0.1, 0.15) is 12.5 Å². The summed E-state index contributed by atoms with van der Waals surface area (Å²) in [7, 11) is 0. The van der Waals surface area contributed by atoms with Crippen molar-refractivity contribution in [3.05, 3.63) is 32.8 Å². The van der Waals surface area contributed by atoms with E-state index in [1.807, 2.05) is 0 Å². The Bertz CT molecular complexity index is 462. The number of carbonyl (C=O) groups excluding carboxylic acids is 1. The molecule has 0 amide bonds. The summed E-state index contributed by atoms with van der Waals surface area (Å²) in [5.41, 5.74) is 5.45. The van der Waals surface area contributed by atoms with Crippen molar-refractivity contribution < 1.29 is 14.5 Å². The molecule has 1 rings (SSSR count). The monoisotopic (exact) mass is 258 g/mol. The van der Waals surface area contributed by atoms with Crippen LogP contribution in [-0.2, 0) is 16.0 Å². The molecule has 0 saturated heterocycles. The number of anilines is 1. The average Bonchev–Trinajstić information content (AvgIpc) is 2.24. The van der Waals surface area contributed by atoms with Crippen molar-refractivity contribution in [2.75, 3.05) is 12.3 Å². The molecule has 7 heteroatoms. The first kappa shape index (κ1) is 13.2. The lowest BCUT2D eigenvalue weighted by Crippen LogP contribution is -2.10. The van der Waals surface area contributed by atoms with Crippen LogP contribution in [0.15, 0.2) is 12.1 Å². The van der Waals surface area contributed by atoms with Gasteiger partial charge in [0.15, 0.2) is 0 Å². The van der Waals surface area contributed by atoms with Crippen LogP contribution >= 0.6 is 11.6 Å². The number of hydrogen-bond acceptors (Lipinski definition) is 5. The van der Waals surface area contributed by atoms with E-state index in [1.54, 1.807) is 6.92 Å². The van der Waals surface area contributed by atoms with Gasteiger partial charge in [-0.2, -0.15) is 0 Å². The van der Waals surface area contributed by atoms with E-state index in [0.29, 0.717) is 0 Å². The molecule has 17 heavy (non-hydrogen) atoms. The number of benzene rings is 1. The van der Waals surface area contributed by atoms with Gasteiger partial charge in [-0.1, -0.05) is 11.6 Å². The summed E-state index contributed by atoms with van der Waals surface area (Å²) < 4.78 is 4.73. The number of nitrogens with two attached hydrogens (primary N) is 1. The quantitative estimate of drug-likeness (QED) is 0.385. The Morgan fingerprint density at radius 1 is 1.59 bits per heavy atom. The smallest absolute Gasteiger partial charge is 0.310 e. The second kappa shape index (κ2) is 5.49. The summed E-state index contributed by atoms with van der Waals surface area (Å²) >= 11 is 5.84. The highest BCUT2D eigenvalue weighted by atomic mass is 35.5. The van der Waals surface area contributed by atoms with Gasteiger partial charge in [0.05, 0.1) is 18.0 Å². The van der Waals surface area contributed by atoms with E-state index in [1.165, 1.54) is 12.1 Å². The Hall–Kier alpha value is -1.82. The van der Waals surface area contributed by atoms with Gasteiger partial charge in [0, 0.05) is 16.7 Å². The predicted octanol–water partition coefficient (Wildman–Crippen LogP) is 1.94. The number of nitrogen functional groups attached to an aromatic ring is 1. The second-order valence-electron chi connectivity index (χ2n) is 3.20. The molecule has 0 heterocycles. The molecular weight excluding hydrogens is 248 g/mol. The van der Waals surface area contributed by atoms with E-state index in [0.717, 1.165) is 0 Å². The van der Waals surface area contributed by atoms with Crippen LogP contribution in [-0.4, -0.2) is 17.5 Å². The fraction of sp³-hybridized carbons (Fsp3) is 0.300. The molecular formula is C10H11ClN2O4. The van der Waals surface area contributed by atoms with Crippen LogP contribution in [0.5, 0.6) is 0 Å². The molecule has 0 aliphatic carbocycles. The maximum atomic E-state index is 11.3. The number of halogens is 1. The molecule has 6 nitrogen and oxygen atoms in total. The second-order valence-corrected chi connectivity index (χ2v) is 3.60. The number of hydrogen-bond donors (Lipinski definition) is 1. The molecule has 92 valence electrons. The van der Waals surface area contributed by atoms with Crippen LogP contribution in [0.3, 0.4) is 0 Å². The number of carbonyl (C=O) groups is 1. The maximum Gasteiger partial charge on any atom is 0.310 e. The summed E-state index contributed by atoms with van der Waals surface area (Å²) in [6, 6.07) is 2.54. The van der Waals surface area contributed by atoms with Gasteiger partial charge in [0.25, 0.3) is 5.69 Å². The highest BCUT2D eigenvalue weighted by molar-refractivity contribution is 6.32. The fourth-order valence-electron chi connectivity index (χ4n) is 1.32. The van der Waals surface area contributed by atoms with Crippen molar-refractivity contribution >= 4 is 28.9 Å². The van der Waals surface area contributed by atoms with Crippen LogP contribution in [0.2, 0.25) is 5.02 Å². The van der Waals surface area contributed by atoms with E-state index in [2.05, 4.69) is 0 Å². The van der Waals surface area contributed by atoms with E-state index >= 15 is 0 Å². The van der Waals surface area contributed by atoms with Crippen LogP contribution in [0.25, 0.3) is 0 Å². The fourth-order valence-corrected chi connectivity index (χ4v) is 1.55. The van der Waals surface area contributed by atoms with Gasteiger partial charge in [-0.3, -0.25) is 14.9 Å². The number of nitro benzene ring substituents is 1. The van der Waals surface area contributed by atoms with Crippen molar-refractivity contribution in [1.82, 2.24) is 0 Å². The number of ether oxygens (including phenoxy) is 1. The van der Waals surface area contributed by atoms with Crippen molar-refractivity contribution in [1.29, 1.82) is 0 Å². The number of rotatable bonds is 4. The first-order valence-corrected chi connectivity index (χ1v) is 5.22. The zero-order chi connectivity index (χ0) is 13.0. The topological polar surface area (TPSA) is 95.5 Å². The number of esters is 1. The van der Waals surface area contributed by atoms with E-state index < -0.39 is 10.9 Å². The van der Waals surface area contributed by atoms with Crippen LogP contribution in [0, 0.1) is 10.1 Å². The first-order valence-electron chi connectivity index (χ1n) is 4.84. The molecule has 0 unspecified atom stereocenters. The SMILES string of the molecule is CCOC(=O)Cc1c(Cl)ccc([N+](=O)[O-])c1N. The zero-order valence-electron chi connectivity index (χ0n) is 9.10. The van der Waals surface area contributed by atoms with Gasteiger partial charge in [-0.15, -0.1) is 0 Å². The molecule has 0 aliphatic heterocycles. The van der Waals surface area contributed by atoms with E-state index in [4.69, 9.17) is 22.1 Å². The minimum absolute atomic E-state index is 0.101. The van der Waals surface area contributed by atoms with Crippen LogP contribution < -0.4 is 5.73 Å². The van der Waals surface area contributed by atoms with Crippen molar-refractivity contribution in [2.45, 2.75) is 13.3 Å². The molecule has 0 bridgehead atoms. The summed E-state index contributed by atoms with van der Waals surface area (Å²) in [4.78, 5) is 21.3. The standard InChI is InChI=1S/C10H11ClN2O4/c1-2-17-9(14)5-6-7(11)3-4-8(10(6)12)13(15)16/h3-4H,2,5,12H2,1H3. The molecule has 0 aromatic heterocycles. The predicted molar refractivity (Wildman–Crippen MR) is 62.9 cm³/mol. The normalized spacial score (nSPS) is 10.0. The van der Waals surface area contributed by atoms with Gasteiger partial charge in [-0.05, 0) is 13.0 Å². The molecule has 1 aromatic carbocycles. The molecule has 0 radical (unpaired) electrons. The third-order valence-corrected chi connectivity index (χ3v) is 2.45. The lowest BCUT2D eigenvalue weighted by atomic mass is 10.1. The summed E-state index contributed by atoms with van der Waals surface area (Å²) in [5, 5.41) is 10.9. The molecule has 1 aromatic rings. The molecule has 0 atom stereocenters. The summed E-state index contributed by atoms with van der Waals surface area (Å²) in [6.07, 6.45) is -0.180. The minimum Gasteiger partial charge on any atom is -0.466 e.